The van der Waals surface area contributed by atoms with Crippen molar-refractivity contribution in [1.29, 1.82) is 0 Å². The number of benzene rings is 1. The summed E-state index contributed by atoms with van der Waals surface area (Å²) >= 11 is 0. The molecule has 0 radical (unpaired) electrons. The van der Waals surface area contributed by atoms with Gasteiger partial charge in [-0.1, -0.05) is 17.3 Å². The number of ether oxygens (including phenoxy) is 1. The molecule has 0 spiro atoms. The summed E-state index contributed by atoms with van der Waals surface area (Å²) in [4.78, 5) is 13.4. The van der Waals surface area contributed by atoms with Gasteiger partial charge in [0.2, 0.25) is 0 Å². The minimum atomic E-state index is -0.900. The number of aliphatic carboxylic acids is 1. The lowest BCUT2D eigenvalue weighted by Gasteiger charge is -2.24. The predicted octanol–water partition coefficient (Wildman–Crippen LogP) is 2.72. The Kier molecular flexibility index (Phi) is 4.62. The highest BCUT2D eigenvalue weighted by atomic mass is 16.5. The molecule has 1 fully saturated rings. The lowest BCUT2D eigenvalue weighted by molar-refractivity contribution is -0.143. The Hall–Kier alpha value is -2.34. The zero-order valence-corrected chi connectivity index (χ0v) is 13.0. The molecule has 2 aromatic rings. The normalized spacial score (nSPS) is 15.6. The van der Waals surface area contributed by atoms with Gasteiger partial charge in [0.1, 0.15) is 18.1 Å². The van der Waals surface area contributed by atoms with Crippen LogP contribution in [0.1, 0.15) is 30.1 Å². The van der Waals surface area contributed by atoms with Gasteiger partial charge in [-0.2, -0.15) is 0 Å². The molecular formula is C17H20N2O4. The molecule has 1 aliphatic carbocycles. The highest BCUT2D eigenvalue weighted by Gasteiger charge is 2.26. The second-order valence-electron chi connectivity index (χ2n) is 5.97. The van der Waals surface area contributed by atoms with Crippen LogP contribution >= 0.6 is 0 Å². The van der Waals surface area contributed by atoms with Gasteiger partial charge >= 0.3 is 5.97 Å². The topological polar surface area (TPSA) is 75.8 Å². The van der Waals surface area contributed by atoms with Crippen molar-refractivity contribution >= 4 is 5.97 Å². The third-order valence-electron chi connectivity index (χ3n) is 3.96. The number of carbonyl (C=O) groups is 1. The Bertz CT molecular complexity index is 635. The Balaban J connectivity index is 1.67. The SMILES string of the molecule is CN(Cc1ccon1)[C@@H](C(=O)O)c1ccc(OCC2CC2)cc1. The zero-order chi connectivity index (χ0) is 16.2. The summed E-state index contributed by atoms with van der Waals surface area (Å²) in [5, 5.41) is 13.4. The van der Waals surface area contributed by atoms with Crippen LogP contribution in [0.2, 0.25) is 0 Å². The Labute approximate surface area is 134 Å². The van der Waals surface area contributed by atoms with Crippen molar-refractivity contribution in [3.05, 3.63) is 47.9 Å². The molecule has 6 heteroatoms. The minimum absolute atomic E-state index is 0.396. The number of rotatable bonds is 8. The number of aromatic nitrogens is 1. The first kappa shape index (κ1) is 15.6. The summed E-state index contributed by atoms with van der Waals surface area (Å²) in [5.74, 6) is 0.571. The summed E-state index contributed by atoms with van der Waals surface area (Å²) in [6, 6.07) is 8.25. The summed E-state index contributed by atoms with van der Waals surface area (Å²) < 4.78 is 10.5. The van der Waals surface area contributed by atoms with Gasteiger partial charge in [0.25, 0.3) is 0 Å². The molecule has 1 saturated carbocycles. The van der Waals surface area contributed by atoms with Crippen molar-refractivity contribution in [3.63, 3.8) is 0 Å². The molecule has 23 heavy (non-hydrogen) atoms. The quantitative estimate of drug-likeness (QED) is 0.807. The van der Waals surface area contributed by atoms with Gasteiger partial charge in [0, 0.05) is 12.6 Å². The van der Waals surface area contributed by atoms with E-state index in [9.17, 15) is 9.90 Å². The maximum atomic E-state index is 11.7. The molecule has 1 heterocycles. The molecule has 1 atom stereocenters. The summed E-state index contributed by atoms with van der Waals surface area (Å²) in [5.41, 5.74) is 1.41. The molecule has 0 bridgehead atoms. The van der Waals surface area contributed by atoms with Crippen LogP contribution in [0, 0.1) is 5.92 Å². The molecule has 6 nitrogen and oxygen atoms in total. The van der Waals surface area contributed by atoms with Gasteiger partial charge in [0.15, 0.2) is 0 Å². The van der Waals surface area contributed by atoms with Crippen LogP contribution in [0.5, 0.6) is 5.75 Å². The molecule has 1 aromatic heterocycles. The molecule has 1 aliphatic rings. The van der Waals surface area contributed by atoms with Crippen molar-refractivity contribution in [3.8, 4) is 5.75 Å². The van der Waals surface area contributed by atoms with E-state index in [1.807, 2.05) is 12.1 Å². The fourth-order valence-electron chi connectivity index (χ4n) is 2.50. The van der Waals surface area contributed by atoms with Gasteiger partial charge in [-0.25, -0.2) is 0 Å². The highest BCUT2D eigenvalue weighted by molar-refractivity contribution is 5.75. The molecular weight excluding hydrogens is 296 g/mol. The maximum Gasteiger partial charge on any atom is 0.325 e. The minimum Gasteiger partial charge on any atom is -0.493 e. The van der Waals surface area contributed by atoms with Crippen LogP contribution in [-0.4, -0.2) is 34.8 Å². The van der Waals surface area contributed by atoms with E-state index in [1.165, 1.54) is 19.1 Å². The smallest absolute Gasteiger partial charge is 0.325 e. The van der Waals surface area contributed by atoms with Crippen molar-refractivity contribution in [1.82, 2.24) is 10.1 Å². The molecule has 1 aromatic carbocycles. The van der Waals surface area contributed by atoms with Crippen LogP contribution < -0.4 is 4.74 Å². The molecule has 3 rings (SSSR count). The van der Waals surface area contributed by atoms with E-state index in [-0.39, 0.29) is 0 Å². The maximum absolute atomic E-state index is 11.7. The fraction of sp³-hybridized carbons (Fsp3) is 0.412. The van der Waals surface area contributed by atoms with Crippen LogP contribution in [0.3, 0.4) is 0 Å². The third kappa shape index (κ3) is 4.10. The number of carboxylic acids is 1. The van der Waals surface area contributed by atoms with E-state index in [0.29, 0.717) is 23.7 Å². The van der Waals surface area contributed by atoms with E-state index >= 15 is 0 Å². The van der Waals surface area contributed by atoms with Crippen LogP contribution in [-0.2, 0) is 11.3 Å². The van der Waals surface area contributed by atoms with Gasteiger partial charge in [-0.05, 0) is 43.5 Å². The van der Waals surface area contributed by atoms with Crippen LogP contribution in [0.15, 0.2) is 41.1 Å². The molecule has 0 aliphatic heterocycles. The molecule has 0 amide bonds. The van der Waals surface area contributed by atoms with E-state index < -0.39 is 12.0 Å². The number of carboxylic acid groups (broad SMARTS) is 1. The van der Waals surface area contributed by atoms with Gasteiger partial charge in [-0.15, -0.1) is 0 Å². The first-order valence-electron chi connectivity index (χ1n) is 7.68. The van der Waals surface area contributed by atoms with E-state index in [0.717, 1.165) is 12.4 Å². The zero-order valence-electron chi connectivity index (χ0n) is 13.0. The van der Waals surface area contributed by atoms with E-state index in [1.54, 1.807) is 30.1 Å². The summed E-state index contributed by atoms with van der Waals surface area (Å²) in [6.45, 7) is 1.14. The predicted molar refractivity (Wildman–Crippen MR) is 83.0 cm³/mol. The highest BCUT2D eigenvalue weighted by Crippen LogP contribution is 2.30. The molecule has 0 saturated heterocycles. The average Bonchev–Trinajstić information content (AvgIpc) is 3.22. The molecule has 1 N–H and O–H groups in total. The van der Waals surface area contributed by atoms with Gasteiger partial charge in [-0.3, -0.25) is 9.69 Å². The number of hydrogen-bond acceptors (Lipinski definition) is 5. The van der Waals surface area contributed by atoms with E-state index in [4.69, 9.17) is 9.26 Å². The van der Waals surface area contributed by atoms with Crippen molar-refractivity contribution in [2.45, 2.75) is 25.4 Å². The summed E-state index contributed by atoms with van der Waals surface area (Å²) in [6.07, 6.45) is 3.96. The largest absolute Gasteiger partial charge is 0.493 e. The second kappa shape index (κ2) is 6.83. The van der Waals surface area contributed by atoms with Gasteiger partial charge < -0.3 is 14.4 Å². The Morgan fingerprint density at radius 1 is 1.39 bits per heavy atom. The number of hydrogen-bond donors (Lipinski definition) is 1. The van der Waals surface area contributed by atoms with Crippen molar-refractivity contribution < 1.29 is 19.2 Å². The summed E-state index contributed by atoms with van der Waals surface area (Å²) in [7, 11) is 1.75. The van der Waals surface area contributed by atoms with Crippen LogP contribution in [0.25, 0.3) is 0 Å². The Morgan fingerprint density at radius 3 is 2.70 bits per heavy atom. The molecule has 122 valence electrons. The van der Waals surface area contributed by atoms with Crippen LogP contribution in [0.4, 0.5) is 0 Å². The van der Waals surface area contributed by atoms with Crippen molar-refractivity contribution in [2.24, 2.45) is 5.92 Å². The first-order valence-corrected chi connectivity index (χ1v) is 7.68. The third-order valence-corrected chi connectivity index (χ3v) is 3.96. The lowest BCUT2D eigenvalue weighted by Crippen LogP contribution is -2.30. The second-order valence-corrected chi connectivity index (χ2v) is 5.97. The van der Waals surface area contributed by atoms with Crippen molar-refractivity contribution in [2.75, 3.05) is 13.7 Å². The fourth-order valence-corrected chi connectivity index (χ4v) is 2.50. The number of likely N-dealkylation sites (N-methyl/N-ethyl adjacent to an activating group) is 1. The lowest BCUT2D eigenvalue weighted by atomic mass is 10.1. The molecule has 0 unspecified atom stereocenters. The average molecular weight is 316 g/mol. The van der Waals surface area contributed by atoms with E-state index in [2.05, 4.69) is 5.16 Å². The first-order chi connectivity index (χ1) is 11.1. The standard InChI is InChI=1S/C17H20N2O4/c1-19(10-14-8-9-23-18-14)16(17(20)21)13-4-6-15(7-5-13)22-11-12-2-3-12/h4-9,12,16H,2-3,10-11H2,1H3,(H,20,21)/t16-/m1/s1. The van der Waals surface area contributed by atoms with Gasteiger partial charge in [0.05, 0.1) is 12.3 Å². The number of nitrogens with zero attached hydrogens (tertiary/aromatic N) is 2. The monoisotopic (exact) mass is 316 g/mol. The Morgan fingerprint density at radius 2 is 2.13 bits per heavy atom.